The predicted molar refractivity (Wildman–Crippen MR) is 116 cm³/mol. The van der Waals surface area contributed by atoms with Crippen LogP contribution in [-0.2, 0) is 6.42 Å². The summed E-state index contributed by atoms with van der Waals surface area (Å²) in [5, 5.41) is 3.17. The van der Waals surface area contributed by atoms with Crippen LogP contribution in [0.5, 0.6) is 0 Å². The maximum atomic E-state index is 12.5. The van der Waals surface area contributed by atoms with Crippen molar-refractivity contribution < 1.29 is 4.79 Å². The molecule has 1 amide bonds. The number of rotatable bonds is 5. The van der Waals surface area contributed by atoms with Crippen molar-refractivity contribution in [3.8, 4) is 0 Å². The van der Waals surface area contributed by atoms with E-state index in [1.165, 1.54) is 31.2 Å². The number of nitrogens with one attached hydrogen (secondary N) is 1. The van der Waals surface area contributed by atoms with Crippen LogP contribution < -0.4 is 10.2 Å². The van der Waals surface area contributed by atoms with E-state index in [0.29, 0.717) is 11.6 Å². The van der Waals surface area contributed by atoms with Gasteiger partial charge in [0.1, 0.15) is 0 Å². The number of benzene rings is 1. The molecule has 1 saturated heterocycles. The lowest BCUT2D eigenvalue weighted by Gasteiger charge is -2.32. The van der Waals surface area contributed by atoms with Crippen molar-refractivity contribution in [1.29, 1.82) is 0 Å². The molecule has 29 heavy (non-hydrogen) atoms. The van der Waals surface area contributed by atoms with E-state index in [1.54, 1.807) is 12.4 Å². The summed E-state index contributed by atoms with van der Waals surface area (Å²) in [7, 11) is 0. The zero-order valence-corrected chi connectivity index (χ0v) is 17.2. The summed E-state index contributed by atoms with van der Waals surface area (Å²) in [6.07, 6.45) is 14.0. The molecule has 0 atom stereocenters. The molecule has 1 aromatic carbocycles. The van der Waals surface area contributed by atoms with E-state index in [0.717, 1.165) is 57.1 Å². The molecule has 1 N–H and O–H groups in total. The Hall–Kier alpha value is -2.43. The minimum absolute atomic E-state index is 0.0370. The number of hydrogen-bond donors (Lipinski definition) is 1. The summed E-state index contributed by atoms with van der Waals surface area (Å²) in [6.45, 7) is 1.95. The van der Waals surface area contributed by atoms with Gasteiger partial charge >= 0.3 is 0 Å². The van der Waals surface area contributed by atoms with Gasteiger partial charge in [0.15, 0.2) is 0 Å². The number of anilines is 1. The maximum Gasteiger partial charge on any atom is 0.254 e. The van der Waals surface area contributed by atoms with Crippen LogP contribution >= 0.6 is 0 Å². The molecule has 1 aliphatic carbocycles. The molecule has 1 aromatic heterocycles. The Morgan fingerprint density at radius 2 is 1.59 bits per heavy atom. The Labute approximate surface area is 173 Å². The first-order valence-electron chi connectivity index (χ1n) is 11.2. The SMILES string of the molecule is O=C(NC1CCCCCC1)c1cnc(N2CCC(Cc3ccccc3)CC2)nc1. The van der Waals surface area contributed by atoms with Crippen LogP contribution in [0.3, 0.4) is 0 Å². The first kappa shape index (κ1) is 19.9. The van der Waals surface area contributed by atoms with Gasteiger partial charge in [-0.1, -0.05) is 56.0 Å². The third-order valence-electron chi connectivity index (χ3n) is 6.36. The molecule has 4 rings (SSSR count). The molecule has 1 aliphatic heterocycles. The quantitative estimate of drug-likeness (QED) is 0.767. The normalized spacial score (nSPS) is 19.0. The standard InChI is InChI=1S/C24H32N4O/c29-23(27-22-10-6-1-2-7-11-22)21-17-25-24(26-18-21)28-14-12-20(13-15-28)16-19-8-4-3-5-9-19/h3-5,8-9,17-18,20,22H,1-2,6-7,10-16H2,(H,27,29). The molecule has 0 radical (unpaired) electrons. The molecule has 2 aliphatic rings. The largest absolute Gasteiger partial charge is 0.349 e. The molecule has 5 nitrogen and oxygen atoms in total. The first-order valence-corrected chi connectivity index (χ1v) is 11.2. The highest BCUT2D eigenvalue weighted by molar-refractivity contribution is 5.93. The summed E-state index contributed by atoms with van der Waals surface area (Å²) in [5.41, 5.74) is 1.99. The highest BCUT2D eigenvalue weighted by atomic mass is 16.1. The highest BCUT2D eigenvalue weighted by Crippen LogP contribution is 2.24. The fourth-order valence-corrected chi connectivity index (χ4v) is 4.58. The van der Waals surface area contributed by atoms with E-state index in [9.17, 15) is 4.79 Å². The Kier molecular flexibility index (Phi) is 6.75. The van der Waals surface area contributed by atoms with Gasteiger partial charge in [0, 0.05) is 31.5 Å². The van der Waals surface area contributed by atoms with Gasteiger partial charge < -0.3 is 10.2 Å². The lowest BCUT2D eigenvalue weighted by molar-refractivity contribution is 0.0932. The van der Waals surface area contributed by atoms with Gasteiger partial charge in [-0.05, 0) is 43.6 Å². The van der Waals surface area contributed by atoms with Gasteiger partial charge in [0.2, 0.25) is 5.95 Å². The second-order valence-corrected chi connectivity index (χ2v) is 8.55. The molecule has 2 fully saturated rings. The number of carbonyl (C=O) groups excluding carboxylic acids is 1. The lowest BCUT2D eigenvalue weighted by atomic mass is 9.90. The minimum atomic E-state index is -0.0370. The Bertz CT molecular complexity index is 761. The summed E-state index contributed by atoms with van der Waals surface area (Å²) in [4.78, 5) is 23.8. The maximum absolute atomic E-state index is 12.5. The van der Waals surface area contributed by atoms with E-state index in [1.807, 2.05) is 0 Å². The first-order chi connectivity index (χ1) is 14.3. The number of nitrogens with zero attached hydrogens (tertiary/aromatic N) is 3. The summed E-state index contributed by atoms with van der Waals surface area (Å²) >= 11 is 0. The fraction of sp³-hybridized carbons (Fsp3) is 0.542. The number of piperidine rings is 1. The number of hydrogen-bond acceptors (Lipinski definition) is 4. The molecule has 1 saturated carbocycles. The topological polar surface area (TPSA) is 58.1 Å². The lowest BCUT2D eigenvalue weighted by Crippen LogP contribution is -2.36. The summed E-state index contributed by atoms with van der Waals surface area (Å²) < 4.78 is 0. The number of aromatic nitrogens is 2. The van der Waals surface area contributed by atoms with E-state index in [2.05, 4.69) is 50.5 Å². The molecule has 2 heterocycles. The zero-order chi connectivity index (χ0) is 19.9. The van der Waals surface area contributed by atoms with Crippen LogP contribution in [0.15, 0.2) is 42.7 Å². The zero-order valence-electron chi connectivity index (χ0n) is 17.2. The van der Waals surface area contributed by atoms with Gasteiger partial charge in [0.25, 0.3) is 5.91 Å². The van der Waals surface area contributed by atoms with Gasteiger partial charge in [-0.25, -0.2) is 9.97 Å². The highest BCUT2D eigenvalue weighted by Gasteiger charge is 2.22. The van der Waals surface area contributed by atoms with E-state index in [4.69, 9.17) is 0 Å². The van der Waals surface area contributed by atoms with E-state index >= 15 is 0 Å². The molecule has 5 heteroatoms. The van der Waals surface area contributed by atoms with Crippen LogP contribution in [0.2, 0.25) is 0 Å². The Morgan fingerprint density at radius 1 is 0.931 bits per heavy atom. The Balaban J connectivity index is 1.27. The van der Waals surface area contributed by atoms with Crippen molar-refractivity contribution in [2.75, 3.05) is 18.0 Å². The number of carbonyl (C=O) groups is 1. The van der Waals surface area contributed by atoms with Crippen molar-refractivity contribution in [2.24, 2.45) is 5.92 Å². The molecular weight excluding hydrogens is 360 g/mol. The van der Waals surface area contributed by atoms with E-state index in [-0.39, 0.29) is 5.91 Å². The van der Waals surface area contributed by atoms with Crippen molar-refractivity contribution >= 4 is 11.9 Å². The van der Waals surface area contributed by atoms with Gasteiger partial charge in [-0.2, -0.15) is 0 Å². The van der Waals surface area contributed by atoms with Gasteiger partial charge in [0.05, 0.1) is 5.56 Å². The minimum Gasteiger partial charge on any atom is -0.349 e. The fourth-order valence-electron chi connectivity index (χ4n) is 4.58. The van der Waals surface area contributed by atoms with Crippen LogP contribution in [0.1, 0.15) is 67.3 Å². The summed E-state index contributed by atoms with van der Waals surface area (Å²) in [5.74, 6) is 1.43. The van der Waals surface area contributed by atoms with Crippen molar-refractivity contribution in [2.45, 2.75) is 63.8 Å². The molecule has 0 unspecified atom stereocenters. The van der Waals surface area contributed by atoms with Gasteiger partial charge in [-0.3, -0.25) is 4.79 Å². The molecule has 2 aromatic rings. The third kappa shape index (κ3) is 5.55. The molecular formula is C24H32N4O. The second kappa shape index (κ2) is 9.86. The van der Waals surface area contributed by atoms with Crippen molar-refractivity contribution in [3.05, 3.63) is 53.9 Å². The Morgan fingerprint density at radius 3 is 2.24 bits per heavy atom. The average Bonchev–Trinajstić information content (AvgIpc) is 3.04. The van der Waals surface area contributed by atoms with Crippen molar-refractivity contribution in [3.63, 3.8) is 0 Å². The van der Waals surface area contributed by atoms with Crippen LogP contribution in [-0.4, -0.2) is 35.0 Å². The van der Waals surface area contributed by atoms with Gasteiger partial charge in [-0.15, -0.1) is 0 Å². The molecule has 0 spiro atoms. The van der Waals surface area contributed by atoms with Crippen molar-refractivity contribution in [1.82, 2.24) is 15.3 Å². The van der Waals surface area contributed by atoms with Crippen LogP contribution in [0, 0.1) is 5.92 Å². The summed E-state index contributed by atoms with van der Waals surface area (Å²) in [6, 6.07) is 11.0. The average molecular weight is 393 g/mol. The molecule has 0 bridgehead atoms. The predicted octanol–water partition coefficient (Wildman–Crippen LogP) is 4.39. The monoisotopic (exact) mass is 392 g/mol. The van der Waals surface area contributed by atoms with E-state index < -0.39 is 0 Å². The van der Waals surface area contributed by atoms with Crippen LogP contribution in [0.25, 0.3) is 0 Å². The third-order valence-corrected chi connectivity index (χ3v) is 6.36. The van der Waals surface area contributed by atoms with Crippen LogP contribution in [0.4, 0.5) is 5.95 Å². The smallest absolute Gasteiger partial charge is 0.254 e. The number of amides is 1. The second-order valence-electron chi connectivity index (χ2n) is 8.55. The molecule has 154 valence electrons.